The lowest BCUT2D eigenvalue weighted by molar-refractivity contribution is -0.119. The molecule has 20 heavy (non-hydrogen) atoms. The van der Waals surface area contributed by atoms with Crippen LogP contribution in [0.25, 0.3) is 0 Å². The Morgan fingerprint density at radius 2 is 2.10 bits per heavy atom. The van der Waals surface area contributed by atoms with Crippen LogP contribution in [0.4, 0.5) is 0 Å². The van der Waals surface area contributed by atoms with Gasteiger partial charge in [-0.05, 0) is 38.9 Å². The van der Waals surface area contributed by atoms with Gasteiger partial charge in [0.15, 0.2) is 5.96 Å². The molecular weight excluding hydrogens is 272 g/mol. The summed E-state index contributed by atoms with van der Waals surface area (Å²) in [6.07, 6.45) is 6.73. The summed E-state index contributed by atoms with van der Waals surface area (Å²) >= 11 is 1.94. The molecule has 1 saturated carbocycles. The molecule has 0 heterocycles. The highest BCUT2D eigenvalue weighted by atomic mass is 32.2. The quantitative estimate of drug-likeness (QED) is 0.490. The molecule has 0 radical (unpaired) electrons. The topological polar surface area (TPSA) is 65.5 Å². The number of carbonyl (C=O) groups excluding carboxylic acids is 1. The standard InChI is InChI=1S/C14H28N4OS/c1-4-8-16-13(19)10-17-14(15-5-2)18-11-6-7-12(9-11)20-3/h11-12H,4-10H2,1-3H3,(H,16,19)(H2,15,17,18). The Morgan fingerprint density at radius 1 is 1.30 bits per heavy atom. The molecular formula is C14H28N4OS. The molecule has 1 amide bonds. The van der Waals surface area contributed by atoms with Crippen LogP contribution in [0.2, 0.25) is 0 Å². The maximum atomic E-state index is 11.6. The van der Waals surface area contributed by atoms with E-state index in [2.05, 4.69) is 27.2 Å². The van der Waals surface area contributed by atoms with E-state index in [4.69, 9.17) is 0 Å². The Bertz CT molecular complexity index is 322. The van der Waals surface area contributed by atoms with E-state index < -0.39 is 0 Å². The van der Waals surface area contributed by atoms with Crippen molar-refractivity contribution >= 4 is 23.6 Å². The van der Waals surface area contributed by atoms with Gasteiger partial charge in [-0.2, -0.15) is 11.8 Å². The largest absolute Gasteiger partial charge is 0.357 e. The summed E-state index contributed by atoms with van der Waals surface area (Å²) in [5, 5.41) is 10.2. The Morgan fingerprint density at radius 3 is 2.70 bits per heavy atom. The zero-order valence-electron chi connectivity index (χ0n) is 12.9. The van der Waals surface area contributed by atoms with Gasteiger partial charge in [-0.3, -0.25) is 4.79 Å². The molecule has 2 unspecified atom stereocenters. The van der Waals surface area contributed by atoms with E-state index in [1.807, 2.05) is 25.6 Å². The van der Waals surface area contributed by atoms with E-state index in [9.17, 15) is 4.79 Å². The Kier molecular flexibility index (Phi) is 8.49. The van der Waals surface area contributed by atoms with Crippen molar-refractivity contribution in [3.8, 4) is 0 Å². The first-order valence-corrected chi connectivity index (χ1v) is 8.82. The van der Waals surface area contributed by atoms with E-state index in [1.165, 1.54) is 19.3 Å². The van der Waals surface area contributed by atoms with Gasteiger partial charge in [0, 0.05) is 24.4 Å². The van der Waals surface area contributed by atoms with Crippen LogP contribution in [-0.4, -0.2) is 49.0 Å². The fourth-order valence-electron chi connectivity index (χ4n) is 2.27. The van der Waals surface area contributed by atoms with Crippen molar-refractivity contribution in [1.29, 1.82) is 0 Å². The van der Waals surface area contributed by atoms with Crippen LogP contribution in [0.15, 0.2) is 4.99 Å². The van der Waals surface area contributed by atoms with E-state index in [0.717, 1.165) is 30.7 Å². The maximum absolute atomic E-state index is 11.6. The normalized spacial score (nSPS) is 22.6. The molecule has 3 N–H and O–H groups in total. The zero-order valence-corrected chi connectivity index (χ0v) is 13.7. The van der Waals surface area contributed by atoms with Crippen molar-refractivity contribution in [2.24, 2.45) is 4.99 Å². The van der Waals surface area contributed by atoms with Crippen molar-refractivity contribution in [3.63, 3.8) is 0 Å². The number of nitrogens with zero attached hydrogens (tertiary/aromatic N) is 1. The summed E-state index contributed by atoms with van der Waals surface area (Å²) in [6, 6.07) is 0.476. The minimum atomic E-state index is -0.0162. The zero-order chi connectivity index (χ0) is 14.8. The van der Waals surface area contributed by atoms with E-state index in [-0.39, 0.29) is 12.5 Å². The van der Waals surface area contributed by atoms with Crippen molar-refractivity contribution in [1.82, 2.24) is 16.0 Å². The smallest absolute Gasteiger partial charge is 0.241 e. The molecule has 0 bridgehead atoms. The summed E-state index contributed by atoms with van der Waals surface area (Å²) < 4.78 is 0. The molecule has 2 atom stereocenters. The average Bonchev–Trinajstić information content (AvgIpc) is 2.90. The molecule has 1 aliphatic rings. The van der Waals surface area contributed by atoms with Crippen molar-refractivity contribution in [3.05, 3.63) is 0 Å². The van der Waals surface area contributed by atoms with Gasteiger partial charge in [-0.15, -0.1) is 0 Å². The molecule has 0 aliphatic heterocycles. The number of rotatable bonds is 7. The third-order valence-corrected chi connectivity index (χ3v) is 4.45. The summed E-state index contributed by atoms with van der Waals surface area (Å²) in [5.74, 6) is 0.739. The first-order valence-electron chi connectivity index (χ1n) is 7.53. The van der Waals surface area contributed by atoms with Crippen LogP contribution in [0.5, 0.6) is 0 Å². The highest BCUT2D eigenvalue weighted by Gasteiger charge is 2.24. The van der Waals surface area contributed by atoms with Crippen molar-refractivity contribution in [2.45, 2.75) is 50.8 Å². The second-order valence-electron chi connectivity index (χ2n) is 5.06. The van der Waals surface area contributed by atoms with Crippen molar-refractivity contribution < 1.29 is 4.79 Å². The molecule has 0 saturated heterocycles. The second kappa shape index (κ2) is 9.91. The highest BCUT2D eigenvalue weighted by molar-refractivity contribution is 7.99. The van der Waals surface area contributed by atoms with Crippen LogP contribution in [0, 0.1) is 0 Å². The third kappa shape index (κ3) is 6.50. The summed E-state index contributed by atoms with van der Waals surface area (Å²) in [5.41, 5.74) is 0. The SMILES string of the molecule is CCCNC(=O)CN=C(NCC)NC1CCC(SC)C1. The Balaban J connectivity index is 2.40. The maximum Gasteiger partial charge on any atom is 0.241 e. The van der Waals surface area contributed by atoms with Crippen LogP contribution in [-0.2, 0) is 4.79 Å². The molecule has 1 fully saturated rings. The predicted octanol–water partition coefficient (Wildman–Crippen LogP) is 1.35. The van der Waals surface area contributed by atoms with E-state index in [0.29, 0.717) is 6.04 Å². The van der Waals surface area contributed by atoms with Gasteiger partial charge < -0.3 is 16.0 Å². The predicted molar refractivity (Wildman–Crippen MR) is 87.4 cm³/mol. The van der Waals surface area contributed by atoms with Crippen LogP contribution in [0.1, 0.15) is 39.5 Å². The van der Waals surface area contributed by atoms with Gasteiger partial charge >= 0.3 is 0 Å². The molecule has 116 valence electrons. The fraction of sp³-hybridized carbons (Fsp3) is 0.857. The lowest BCUT2D eigenvalue weighted by Crippen LogP contribution is -2.43. The molecule has 6 heteroatoms. The summed E-state index contributed by atoms with van der Waals surface area (Å²) in [6.45, 7) is 5.79. The highest BCUT2D eigenvalue weighted by Crippen LogP contribution is 2.27. The molecule has 1 rings (SSSR count). The molecule has 5 nitrogen and oxygen atoms in total. The minimum Gasteiger partial charge on any atom is -0.357 e. The number of aliphatic imine (C=N–C) groups is 1. The number of hydrogen-bond donors (Lipinski definition) is 3. The van der Waals surface area contributed by atoms with Crippen molar-refractivity contribution in [2.75, 3.05) is 25.9 Å². The number of hydrogen-bond acceptors (Lipinski definition) is 3. The number of guanidine groups is 1. The number of carbonyl (C=O) groups is 1. The van der Waals surface area contributed by atoms with Gasteiger partial charge in [0.1, 0.15) is 6.54 Å². The third-order valence-electron chi connectivity index (χ3n) is 3.36. The van der Waals surface area contributed by atoms with Gasteiger partial charge in [0.05, 0.1) is 0 Å². The molecule has 0 aromatic heterocycles. The molecule has 0 aromatic rings. The molecule has 1 aliphatic carbocycles. The van der Waals surface area contributed by atoms with Gasteiger partial charge in [-0.25, -0.2) is 4.99 Å². The lowest BCUT2D eigenvalue weighted by Gasteiger charge is -2.17. The van der Waals surface area contributed by atoms with Crippen LogP contribution < -0.4 is 16.0 Å². The second-order valence-corrected chi connectivity index (χ2v) is 6.20. The van der Waals surface area contributed by atoms with E-state index in [1.54, 1.807) is 0 Å². The summed E-state index contributed by atoms with van der Waals surface area (Å²) in [7, 11) is 0. The van der Waals surface area contributed by atoms with Gasteiger partial charge in [0.25, 0.3) is 0 Å². The first-order chi connectivity index (χ1) is 9.69. The van der Waals surface area contributed by atoms with Crippen LogP contribution >= 0.6 is 11.8 Å². The fourth-order valence-corrected chi connectivity index (χ4v) is 3.07. The van der Waals surface area contributed by atoms with Gasteiger partial charge in [-0.1, -0.05) is 6.92 Å². The monoisotopic (exact) mass is 300 g/mol. The van der Waals surface area contributed by atoms with Crippen LogP contribution in [0.3, 0.4) is 0 Å². The van der Waals surface area contributed by atoms with E-state index >= 15 is 0 Å². The first kappa shape index (κ1) is 17.1. The molecule has 0 aromatic carbocycles. The Labute approximate surface area is 126 Å². The Hall–Kier alpha value is -0.910. The number of nitrogens with one attached hydrogen (secondary N) is 3. The lowest BCUT2D eigenvalue weighted by atomic mass is 10.2. The minimum absolute atomic E-state index is 0.0162. The molecule has 0 spiro atoms. The average molecular weight is 300 g/mol. The van der Waals surface area contributed by atoms with Gasteiger partial charge in [0.2, 0.25) is 5.91 Å². The number of amides is 1. The summed E-state index contributed by atoms with van der Waals surface area (Å²) in [4.78, 5) is 15.9. The number of thioether (sulfide) groups is 1.